The Morgan fingerprint density at radius 2 is 1.54 bits per heavy atom. The Labute approximate surface area is 233 Å². The minimum absolute atomic E-state index is 0.221. The van der Waals surface area contributed by atoms with E-state index in [9.17, 15) is 28.9 Å². The maximum Gasteiger partial charge on any atom is 0.269 e. The highest BCUT2D eigenvalue weighted by molar-refractivity contribution is 6.32. The number of carbonyl (C=O) groups is 3. The molecule has 7 nitrogen and oxygen atoms in total. The van der Waals surface area contributed by atoms with E-state index in [1.54, 1.807) is 83.8 Å². The number of carbonyl (C=O) groups excluding carboxylic acids is 3. The lowest BCUT2D eigenvalue weighted by Crippen LogP contribution is -2.48. The fraction of sp³-hybridized carbons (Fsp3) is 0.121. The number of halogens is 1. The number of ketones is 3. The number of non-ortho nitro benzene ring substituents is 1. The summed E-state index contributed by atoms with van der Waals surface area (Å²) in [5.41, 5.74) is 0.164. The minimum atomic E-state index is -1.80. The van der Waals surface area contributed by atoms with E-state index in [0.29, 0.717) is 22.4 Å². The third-order valence-electron chi connectivity index (χ3n) is 8.53. The van der Waals surface area contributed by atoms with E-state index in [1.165, 1.54) is 30.3 Å². The SMILES string of the molecule is O=C(c1ccccc1)[C@@H]1[C@H](c2cccc([N+](=O)[O-])c2)C2(C(=O)c3ccccc3C2=O)[C@@H]2C=Cc3cc(F)ccc3N12. The third kappa shape index (κ3) is 3.34. The van der Waals surface area contributed by atoms with E-state index in [4.69, 9.17) is 0 Å². The van der Waals surface area contributed by atoms with Crippen molar-refractivity contribution in [2.45, 2.75) is 18.0 Å². The van der Waals surface area contributed by atoms with Crippen LogP contribution in [-0.4, -0.2) is 34.4 Å². The Kier molecular flexibility index (Phi) is 5.37. The summed E-state index contributed by atoms with van der Waals surface area (Å²) in [6.07, 6.45) is 3.36. The smallest absolute Gasteiger partial charge is 0.269 e. The summed E-state index contributed by atoms with van der Waals surface area (Å²) >= 11 is 0. The van der Waals surface area contributed by atoms with Crippen LogP contribution in [0.5, 0.6) is 0 Å². The standard InChI is InChI=1S/C33H21FN2O5/c34-22-14-15-26-20(17-22)13-16-27-33(31(38)24-11-4-5-12-25(24)32(33)39)28(21-9-6-10-23(18-21)36(40)41)29(35(26)27)30(37)19-7-2-1-3-8-19/h1-18,27-29H/t27-,28-,29-/m0/s1. The molecule has 0 amide bonds. The zero-order valence-electron chi connectivity index (χ0n) is 21.4. The Morgan fingerprint density at radius 3 is 2.22 bits per heavy atom. The molecule has 0 saturated carbocycles. The predicted molar refractivity (Wildman–Crippen MR) is 150 cm³/mol. The quantitative estimate of drug-likeness (QED) is 0.134. The molecule has 1 spiro atoms. The summed E-state index contributed by atoms with van der Waals surface area (Å²) in [6.45, 7) is 0. The van der Waals surface area contributed by atoms with Crippen LogP contribution in [0.4, 0.5) is 15.8 Å². The molecular formula is C33H21FN2O5. The summed E-state index contributed by atoms with van der Waals surface area (Å²) in [4.78, 5) is 56.7. The Hall–Kier alpha value is -5.24. The highest BCUT2D eigenvalue weighted by Crippen LogP contribution is 2.61. The summed E-state index contributed by atoms with van der Waals surface area (Å²) in [5.74, 6) is -2.80. The molecule has 7 rings (SSSR count). The van der Waals surface area contributed by atoms with Crippen LogP contribution in [0, 0.1) is 21.3 Å². The first-order valence-electron chi connectivity index (χ1n) is 13.1. The summed E-state index contributed by atoms with van der Waals surface area (Å²) in [7, 11) is 0. The van der Waals surface area contributed by atoms with Crippen molar-refractivity contribution in [2.24, 2.45) is 5.41 Å². The van der Waals surface area contributed by atoms with Crippen molar-refractivity contribution in [1.82, 2.24) is 0 Å². The van der Waals surface area contributed by atoms with E-state index >= 15 is 0 Å². The van der Waals surface area contributed by atoms with Crippen molar-refractivity contribution < 1.29 is 23.7 Å². The van der Waals surface area contributed by atoms with Crippen molar-refractivity contribution in [3.8, 4) is 0 Å². The lowest BCUT2D eigenvalue weighted by molar-refractivity contribution is -0.384. The Balaban J connectivity index is 1.57. The first kappa shape index (κ1) is 24.8. The molecular weight excluding hydrogens is 523 g/mol. The van der Waals surface area contributed by atoms with Gasteiger partial charge in [0, 0.05) is 46.0 Å². The van der Waals surface area contributed by atoms with Gasteiger partial charge in [-0.3, -0.25) is 24.5 Å². The largest absolute Gasteiger partial charge is 0.352 e. The van der Waals surface area contributed by atoms with Gasteiger partial charge >= 0.3 is 0 Å². The molecule has 0 aromatic heterocycles. The van der Waals surface area contributed by atoms with Gasteiger partial charge in [-0.2, -0.15) is 0 Å². The number of nitro groups is 1. The number of rotatable bonds is 4. The van der Waals surface area contributed by atoms with Crippen LogP contribution in [0.2, 0.25) is 0 Å². The molecule has 1 aliphatic carbocycles. The molecule has 2 aliphatic heterocycles. The molecule has 4 aromatic carbocycles. The van der Waals surface area contributed by atoms with Crippen LogP contribution < -0.4 is 4.90 Å². The molecule has 3 aliphatic rings. The first-order chi connectivity index (χ1) is 19.8. The number of hydrogen-bond acceptors (Lipinski definition) is 6. The number of anilines is 1. The molecule has 4 aromatic rings. The molecule has 0 N–H and O–H groups in total. The number of hydrogen-bond donors (Lipinski definition) is 0. The van der Waals surface area contributed by atoms with Crippen molar-refractivity contribution in [1.29, 1.82) is 0 Å². The minimum Gasteiger partial charge on any atom is -0.352 e. The van der Waals surface area contributed by atoms with E-state index in [-0.39, 0.29) is 22.6 Å². The molecule has 0 unspecified atom stereocenters. The van der Waals surface area contributed by atoms with Crippen LogP contribution in [0.3, 0.4) is 0 Å². The van der Waals surface area contributed by atoms with E-state index in [2.05, 4.69) is 0 Å². The normalized spacial score (nSPS) is 21.5. The van der Waals surface area contributed by atoms with Gasteiger partial charge in [0.2, 0.25) is 0 Å². The van der Waals surface area contributed by atoms with Crippen molar-refractivity contribution in [2.75, 3.05) is 4.90 Å². The van der Waals surface area contributed by atoms with E-state index < -0.39 is 45.7 Å². The molecule has 3 atom stereocenters. The van der Waals surface area contributed by atoms with E-state index in [1.807, 2.05) is 0 Å². The van der Waals surface area contributed by atoms with Crippen molar-refractivity contribution in [3.05, 3.63) is 147 Å². The van der Waals surface area contributed by atoms with Crippen LogP contribution in [-0.2, 0) is 0 Å². The van der Waals surface area contributed by atoms with Gasteiger partial charge in [0.05, 0.1) is 11.0 Å². The van der Waals surface area contributed by atoms with Crippen LogP contribution in [0.15, 0.2) is 103 Å². The van der Waals surface area contributed by atoms with Gasteiger partial charge in [0.25, 0.3) is 5.69 Å². The second kappa shape index (κ2) is 8.89. The number of Topliss-reactive ketones (excluding diaryl/α,β-unsaturated/α-hetero) is 3. The zero-order valence-corrected chi connectivity index (χ0v) is 21.4. The Morgan fingerprint density at radius 1 is 0.854 bits per heavy atom. The molecule has 1 fully saturated rings. The van der Waals surface area contributed by atoms with Gasteiger partial charge in [-0.1, -0.05) is 78.9 Å². The monoisotopic (exact) mass is 544 g/mol. The van der Waals surface area contributed by atoms with Crippen molar-refractivity contribution >= 4 is 34.8 Å². The van der Waals surface area contributed by atoms with Gasteiger partial charge in [-0.15, -0.1) is 0 Å². The van der Waals surface area contributed by atoms with E-state index in [0.717, 1.165) is 0 Å². The number of fused-ring (bicyclic) bond motifs is 5. The Bertz CT molecular complexity index is 1800. The van der Waals surface area contributed by atoms with Gasteiger partial charge in [-0.25, -0.2) is 4.39 Å². The molecule has 2 heterocycles. The molecule has 1 saturated heterocycles. The van der Waals surface area contributed by atoms with Gasteiger partial charge in [0.15, 0.2) is 17.3 Å². The number of nitro benzene ring substituents is 1. The van der Waals surface area contributed by atoms with Crippen LogP contribution in [0.1, 0.15) is 48.1 Å². The number of nitrogens with zero attached hydrogens (tertiary/aromatic N) is 2. The fourth-order valence-electron chi connectivity index (χ4n) is 6.93. The summed E-state index contributed by atoms with van der Waals surface area (Å²) in [5, 5.41) is 11.8. The lowest BCUT2D eigenvalue weighted by atomic mass is 9.64. The first-order valence-corrected chi connectivity index (χ1v) is 13.1. The topological polar surface area (TPSA) is 97.6 Å². The van der Waals surface area contributed by atoms with Crippen LogP contribution in [0.25, 0.3) is 6.08 Å². The average Bonchev–Trinajstić information content (AvgIpc) is 3.43. The second-order valence-corrected chi connectivity index (χ2v) is 10.5. The third-order valence-corrected chi connectivity index (χ3v) is 8.53. The van der Waals surface area contributed by atoms with Crippen molar-refractivity contribution in [3.63, 3.8) is 0 Å². The molecule has 8 heteroatoms. The predicted octanol–water partition coefficient (Wildman–Crippen LogP) is 6.05. The highest BCUT2D eigenvalue weighted by Gasteiger charge is 2.71. The molecule has 0 bridgehead atoms. The fourth-order valence-corrected chi connectivity index (χ4v) is 6.93. The maximum atomic E-state index is 14.6. The maximum absolute atomic E-state index is 14.6. The lowest BCUT2D eigenvalue weighted by Gasteiger charge is -2.37. The second-order valence-electron chi connectivity index (χ2n) is 10.5. The van der Waals surface area contributed by atoms with Gasteiger partial charge in [-0.05, 0) is 23.8 Å². The molecule has 0 radical (unpaired) electrons. The van der Waals surface area contributed by atoms with Crippen LogP contribution >= 0.6 is 0 Å². The molecule has 200 valence electrons. The average molecular weight is 545 g/mol. The summed E-state index contributed by atoms with van der Waals surface area (Å²) < 4.78 is 14.3. The summed E-state index contributed by atoms with van der Waals surface area (Å²) in [6, 6.07) is 23.0. The number of benzene rings is 4. The van der Waals surface area contributed by atoms with Gasteiger partial charge in [0.1, 0.15) is 17.3 Å². The highest BCUT2D eigenvalue weighted by atomic mass is 19.1. The van der Waals surface area contributed by atoms with Gasteiger partial charge < -0.3 is 4.90 Å². The zero-order chi connectivity index (χ0) is 28.5. The molecule has 41 heavy (non-hydrogen) atoms.